The van der Waals surface area contributed by atoms with Gasteiger partial charge in [-0.15, -0.1) is 0 Å². The summed E-state index contributed by atoms with van der Waals surface area (Å²) in [6.45, 7) is 4.14. The molecular formula is C17H22N2OS. The smallest absolute Gasteiger partial charge is 0.0776 e. The average molecular weight is 302 g/mol. The van der Waals surface area contributed by atoms with Gasteiger partial charge >= 0.3 is 0 Å². The van der Waals surface area contributed by atoms with Gasteiger partial charge in [-0.25, -0.2) is 0 Å². The molecule has 0 N–H and O–H groups in total. The highest BCUT2D eigenvalue weighted by Gasteiger charge is 2.42. The van der Waals surface area contributed by atoms with Crippen molar-refractivity contribution in [2.75, 3.05) is 13.2 Å². The normalized spacial score (nSPS) is 29.6. The second-order valence-electron chi connectivity index (χ2n) is 6.22. The van der Waals surface area contributed by atoms with Crippen LogP contribution < -0.4 is 0 Å². The summed E-state index contributed by atoms with van der Waals surface area (Å²) in [5, 5.41) is 4.45. The van der Waals surface area contributed by atoms with E-state index in [-0.39, 0.29) is 0 Å². The molecule has 1 aliphatic heterocycles. The molecule has 3 nitrogen and oxygen atoms in total. The lowest BCUT2D eigenvalue weighted by atomic mass is 10.0. The Kier molecular flexibility index (Phi) is 3.84. The van der Waals surface area contributed by atoms with Crippen LogP contribution in [0.15, 0.2) is 41.4 Å². The fourth-order valence-electron chi connectivity index (χ4n) is 3.91. The monoisotopic (exact) mass is 302 g/mol. The third-order valence-corrected chi connectivity index (χ3v) is 5.64. The third-order valence-electron chi connectivity index (χ3n) is 4.91. The standard InChI is InChI=1S/C17H22N2OS/c1-2-7-18(6-1)12-15-3-4-16-17(15)20-9-8-19(16)11-14-5-10-21-13-14/h1-2,5-7,10,13,15-17H,3-4,8-9,11-12H2/t15-,16-,17+/m0/s1. The Morgan fingerprint density at radius 1 is 1.24 bits per heavy atom. The number of hydrogen-bond donors (Lipinski definition) is 0. The quantitative estimate of drug-likeness (QED) is 0.863. The van der Waals surface area contributed by atoms with Crippen LogP contribution in [0.3, 0.4) is 0 Å². The van der Waals surface area contributed by atoms with Gasteiger partial charge in [0.2, 0.25) is 0 Å². The highest BCUT2D eigenvalue weighted by molar-refractivity contribution is 7.07. The summed E-state index contributed by atoms with van der Waals surface area (Å²) < 4.78 is 8.46. The average Bonchev–Trinajstić information content (AvgIpc) is 3.22. The molecule has 1 aliphatic carbocycles. The van der Waals surface area contributed by atoms with Crippen LogP contribution in [0.1, 0.15) is 18.4 Å². The molecule has 0 aromatic carbocycles. The Balaban J connectivity index is 1.44. The van der Waals surface area contributed by atoms with Crippen LogP contribution in [0.25, 0.3) is 0 Å². The molecule has 1 saturated heterocycles. The van der Waals surface area contributed by atoms with Crippen molar-refractivity contribution in [1.82, 2.24) is 9.47 Å². The molecule has 3 heterocycles. The van der Waals surface area contributed by atoms with Crippen LogP contribution in [0.4, 0.5) is 0 Å². The maximum absolute atomic E-state index is 6.16. The minimum absolute atomic E-state index is 0.416. The Morgan fingerprint density at radius 2 is 2.14 bits per heavy atom. The molecule has 2 aromatic rings. The van der Waals surface area contributed by atoms with E-state index in [1.807, 2.05) is 0 Å². The third kappa shape index (κ3) is 2.80. The summed E-state index contributed by atoms with van der Waals surface area (Å²) in [6.07, 6.45) is 7.31. The summed E-state index contributed by atoms with van der Waals surface area (Å²) in [7, 11) is 0. The summed E-state index contributed by atoms with van der Waals surface area (Å²) in [5.74, 6) is 0.660. The van der Waals surface area contributed by atoms with Crippen LogP contribution in [0.5, 0.6) is 0 Å². The number of ether oxygens (including phenoxy) is 1. The predicted octanol–water partition coefficient (Wildman–Crippen LogP) is 3.23. The van der Waals surface area contributed by atoms with E-state index in [0.29, 0.717) is 18.1 Å². The van der Waals surface area contributed by atoms with Gasteiger partial charge in [0, 0.05) is 44.0 Å². The molecule has 0 spiro atoms. The summed E-state index contributed by atoms with van der Waals surface area (Å²) in [4.78, 5) is 2.64. The van der Waals surface area contributed by atoms with Crippen LogP contribution >= 0.6 is 11.3 Å². The zero-order chi connectivity index (χ0) is 14.1. The number of nitrogens with zero attached hydrogens (tertiary/aromatic N) is 2. The molecule has 3 atom stereocenters. The molecule has 0 unspecified atom stereocenters. The number of fused-ring (bicyclic) bond motifs is 1. The topological polar surface area (TPSA) is 17.4 Å². The first-order valence-electron chi connectivity index (χ1n) is 7.87. The molecule has 0 radical (unpaired) electrons. The highest BCUT2D eigenvalue weighted by Crippen LogP contribution is 2.36. The first-order chi connectivity index (χ1) is 10.4. The Hall–Kier alpha value is -1.10. The number of aromatic nitrogens is 1. The van der Waals surface area contributed by atoms with Crippen molar-refractivity contribution in [3.8, 4) is 0 Å². The molecule has 0 bridgehead atoms. The lowest BCUT2D eigenvalue weighted by Crippen LogP contribution is -2.50. The largest absolute Gasteiger partial charge is 0.375 e. The minimum Gasteiger partial charge on any atom is -0.375 e. The van der Waals surface area contributed by atoms with Gasteiger partial charge in [0.25, 0.3) is 0 Å². The zero-order valence-electron chi connectivity index (χ0n) is 12.2. The number of rotatable bonds is 4. The summed E-state index contributed by atoms with van der Waals surface area (Å²) in [5.41, 5.74) is 1.45. The molecule has 112 valence electrons. The first kappa shape index (κ1) is 13.6. The number of morpholine rings is 1. The lowest BCUT2D eigenvalue weighted by molar-refractivity contribution is -0.0785. The van der Waals surface area contributed by atoms with Crippen molar-refractivity contribution in [2.45, 2.75) is 38.1 Å². The second kappa shape index (κ2) is 5.95. The molecule has 0 amide bonds. The van der Waals surface area contributed by atoms with Gasteiger partial charge in [-0.2, -0.15) is 11.3 Å². The van der Waals surface area contributed by atoms with Gasteiger partial charge in [0.05, 0.1) is 12.7 Å². The van der Waals surface area contributed by atoms with Gasteiger partial charge < -0.3 is 9.30 Å². The highest BCUT2D eigenvalue weighted by atomic mass is 32.1. The van der Waals surface area contributed by atoms with E-state index < -0.39 is 0 Å². The van der Waals surface area contributed by atoms with Crippen molar-refractivity contribution in [2.24, 2.45) is 5.92 Å². The molecule has 2 fully saturated rings. The second-order valence-corrected chi connectivity index (χ2v) is 7.00. The van der Waals surface area contributed by atoms with Crippen molar-refractivity contribution in [1.29, 1.82) is 0 Å². The van der Waals surface area contributed by atoms with Crippen LogP contribution in [0.2, 0.25) is 0 Å². The fourth-order valence-corrected chi connectivity index (χ4v) is 4.57. The number of hydrogen-bond acceptors (Lipinski definition) is 3. The van der Waals surface area contributed by atoms with E-state index >= 15 is 0 Å². The van der Waals surface area contributed by atoms with Gasteiger partial charge in [0.15, 0.2) is 0 Å². The molecule has 21 heavy (non-hydrogen) atoms. The lowest BCUT2D eigenvalue weighted by Gasteiger charge is -2.39. The Morgan fingerprint density at radius 3 is 2.95 bits per heavy atom. The Labute approximate surface area is 130 Å². The van der Waals surface area contributed by atoms with Crippen LogP contribution in [-0.4, -0.2) is 34.8 Å². The SMILES string of the molecule is c1ccn(C[C@@H]2CC[C@H]3[C@@H]2OCCN3Cc2ccsc2)c1. The van der Waals surface area contributed by atoms with E-state index in [1.165, 1.54) is 18.4 Å². The van der Waals surface area contributed by atoms with E-state index in [9.17, 15) is 0 Å². The maximum Gasteiger partial charge on any atom is 0.0776 e. The summed E-state index contributed by atoms with van der Waals surface area (Å²) >= 11 is 1.80. The van der Waals surface area contributed by atoms with E-state index in [0.717, 1.165) is 26.2 Å². The molecule has 2 aromatic heterocycles. The molecular weight excluding hydrogens is 280 g/mol. The van der Waals surface area contributed by atoms with Crippen molar-refractivity contribution in [3.63, 3.8) is 0 Å². The van der Waals surface area contributed by atoms with Gasteiger partial charge in [-0.3, -0.25) is 4.90 Å². The maximum atomic E-state index is 6.16. The van der Waals surface area contributed by atoms with Crippen LogP contribution in [0, 0.1) is 5.92 Å². The van der Waals surface area contributed by atoms with Crippen molar-refractivity contribution < 1.29 is 4.74 Å². The molecule has 2 aliphatic rings. The van der Waals surface area contributed by atoms with Crippen molar-refractivity contribution >= 4 is 11.3 Å². The number of thiophene rings is 1. The molecule has 4 heteroatoms. The zero-order valence-corrected chi connectivity index (χ0v) is 13.0. The van der Waals surface area contributed by atoms with Crippen molar-refractivity contribution in [3.05, 3.63) is 46.9 Å². The van der Waals surface area contributed by atoms with Crippen LogP contribution in [-0.2, 0) is 17.8 Å². The van der Waals surface area contributed by atoms with Gasteiger partial charge in [-0.05, 0) is 47.4 Å². The fraction of sp³-hybridized carbons (Fsp3) is 0.529. The summed E-state index contributed by atoms with van der Waals surface area (Å²) in [6, 6.07) is 7.08. The molecule has 4 rings (SSSR count). The molecule has 1 saturated carbocycles. The van der Waals surface area contributed by atoms with Gasteiger partial charge in [0.1, 0.15) is 0 Å². The van der Waals surface area contributed by atoms with E-state index in [2.05, 4.69) is 50.8 Å². The van der Waals surface area contributed by atoms with E-state index in [1.54, 1.807) is 11.3 Å². The Bertz CT molecular complexity index is 551. The van der Waals surface area contributed by atoms with E-state index in [4.69, 9.17) is 4.74 Å². The van der Waals surface area contributed by atoms with Gasteiger partial charge in [-0.1, -0.05) is 0 Å². The minimum atomic E-state index is 0.416. The first-order valence-corrected chi connectivity index (χ1v) is 8.82. The predicted molar refractivity (Wildman–Crippen MR) is 85.4 cm³/mol.